The highest BCUT2D eigenvalue weighted by Crippen LogP contribution is 2.43. The summed E-state index contributed by atoms with van der Waals surface area (Å²) in [5.41, 5.74) is 4.31. The molecule has 1 heterocycles. The molecule has 1 saturated carbocycles. The summed E-state index contributed by atoms with van der Waals surface area (Å²) >= 11 is 0. The summed E-state index contributed by atoms with van der Waals surface area (Å²) in [6.07, 6.45) is 0.173. The number of aromatic nitrogens is 2. The zero-order chi connectivity index (χ0) is 14.2. The number of hydrogen-bond donors (Lipinski definition) is 2. The van der Waals surface area contributed by atoms with Gasteiger partial charge >= 0.3 is 0 Å². The fraction of sp³-hybridized carbons (Fsp3) is 0.692. The van der Waals surface area contributed by atoms with Gasteiger partial charge in [0.25, 0.3) is 0 Å². The number of alkyl halides is 2. The third-order valence-electron chi connectivity index (χ3n) is 3.64. The van der Waals surface area contributed by atoms with Crippen LogP contribution in [0, 0.1) is 6.92 Å². The van der Waals surface area contributed by atoms with Crippen LogP contribution in [0.25, 0.3) is 0 Å². The van der Waals surface area contributed by atoms with Crippen LogP contribution in [0.1, 0.15) is 62.0 Å². The third kappa shape index (κ3) is 2.83. The Labute approximate surface area is 111 Å². The van der Waals surface area contributed by atoms with Gasteiger partial charge in [-0.25, -0.2) is 24.6 Å². The first kappa shape index (κ1) is 14.1. The van der Waals surface area contributed by atoms with E-state index in [1.54, 1.807) is 0 Å². The summed E-state index contributed by atoms with van der Waals surface area (Å²) in [6, 6.07) is 0. The number of anilines is 1. The monoisotopic (exact) mass is 270 g/mol. The highest BCUT2D eigenvalue weighted by atomic mass is 19.3. The summed E-state index contributed by atoms with van der Waals surface area (Å²) in [7, 11) is 0. The lowest BCUT2D eigenvalue weighted by molar-refractivity contribution is 0.00753. The molecular formula is C13H20F2N4. The lowest BCUT2D eigenvalue weighted by atomic mass is 10.0. The Kier molecular flexibility index (Phi) is 3.71. The van der Waals surface area contributed by atoms with Crippen molar-refractivity contribution in [3.05, 3.63) is 17.1 Å². The topological polar surface area (TPSA) is 63.8 Å². The minimum atomic E-state index is -2.59. The van der Waals surface area contributed by atoms with Crippen molar-refractivity contribution in [3.8, 4) is 0 Å². The van der Waals surface area contributed by atoms with E-state index in [1.807, 2.05) is 20.8 Å². The molecule has 6 heteroatoms. The summed E-state index contributed by atoms with van der Waals surface area (Å²) in [5, 5.41) is 0. The van der Waals surface area contributed by atoms with Crippen molar-refractivity contribution < 1.29 is 8.78 Å². The van der Waals surface area contributed by atoms with Crippen molar-refractivity contribution in [3.63, 3.8) is 0 Å². The van der Waals surface area contributed by atoms with E-state index >= 15 is 0 Å². The molecule has 1 aromatic rings. The molecule has 0 radical (unpaired) electrons. The number of nitrogen functional groups attached to an aromatic ring is 1. The first-order chi connectivity index (χ1) is 8.84. The zero-order valence-corrected chi connectivity index (χ0v) is 11.5. The smallest absolute Gasteiger partial charge is 0.248 e. The minimum Gasteiger partial charge on any atom is -0.308 e. The fourth-order valence-corrected chi connectivity index (χ4v) is 2.76. The second-order valence-corrected chi connectivity index (χ2v) is 5.52. The number of rotatable bonds is 3. The summed E-state index contributed by atoms with van der Waals surface area (Å²) in [4.78, 5) is 8.75. The van der Waals surface area contributed by atoms with E-state index < -0.39 is 5.92 Å². The molecule has 0 bridgehead atoms. The van der Waals surface area contributed by atoms with Gasteiger partial charge < -0.3 is 5.43 Å². The van der Waals surface area contributed by atoms with Crippen molar-refractivity contribution in [2.45, 2.75) is 57.8 Å². The Morgan fingerprint density at radius 3 is 2.53 bits per heavy atom. The first-order valence-electron chi connectivity index (χ1n) is 6.57. The molecule has 0 aliphatic heterocycles. The van der Waals surface area contributed by atoms with Crippen molar-refractivity contribution in [1.82, 2.24) is 9.97 Å². The standard InChI is InChI=1S/C13H20F2N4/c1-7(2)10-8(3)17-11(18-12(10)19-16)9-4-5-13(14,15)6-9/h7,9H,4-6,16H2,1-3H3,(H,17,18,19). The maximum Gasteiger partial charge on any atom is 0.248 e. The van der Waals surface area contributed by atoms with Crippen molar-refractivity contribution in [2.24, 2.45) is 5.84 Å². The van der Waals surface area contributed by atoms with Gasteiger partial charge in [-0.15, -0.1) is 0 Å². The van der Waals surface area contributed by atoms with Gasteiger partial charge in [0.05, 0.1) is 0 Å². The SMILES string of the molecule is Cc1nc(C2CCC(F)(F)C2)nc(NN)c1C(C)C. The summed E-state index contributed by atoms with van der Waals surface area (Å²) in [6.45, 7) is 5.92. The largest absolute Gasteiger partial charge is 0.308 e. The number of aryl methyl sites for hydroxylation is 1. The van der Waals surface area contributed by atoms with Crippen LogP contribution in [0.3, 0.4) is 0 Å². The molecule has 19 heavy (non-hydrogen) atoms. The third-order valence-corrected chi connectivity index (χ3v) is 3.64. The van der Waals surface area contributed by atoms with Gasteiger partial charge in [-0.3, -0.25) is 0 Å². The minimum absolute atomic E-state index is 0.0859. The van der Waals surface area contributed by atoms with Crippen LogP contribution in [0.5, 0.6) is 0 Å². The molecule has 1 aromatic heterocycles. The normalized spacial score (nSPS) is 21.9. The van der Waals surface area contributed by atoms with Crippen LogP contribution in [0.4, 0.5) is 14.6 Å². The molecule has 2 rings (SSSR count). The Balaban J connectivity index is 2.36. The molecule has 106 valence electrons. The van der Waals surface area contributed by atoms with Gasteiger partial charge in [-0.05, 0) is 19.3 Å². The quantitative estimate of drug-likeness (QED) is 0.654. The predicted octanol–water partition coefficient (Wildman–Crippen LogP) is 3.10. The van der Waals surface area contributed by atoms with Gasteiger partial charge in [-0.1, -0.05) is 13.8 Å². The molecule has 0 amide bonds. The fourth-order valence-electron chi connectivity index (χ4n) is 2.76. The molecular weight excluding hydrogens is 250 g/mol. The molecule has 3 N–H and O–H groups in total. The average Bonchev–Trinajstić information content (AvgIpc) is 2.68. The van der Waals surface area contributed by atoms with E-state index in [1.165, 1.54) is 0 Å². The summed E-state index contributed by atoms with van der Waals surface area (Å²) < 4.78 is 26.5. The molecule has 0 saturated heterocycles. The van der Waals surface area contributed by atoms with Crippen LogP contribution in [-0.4, -0.2) is 15.9 Å². The van der Waals surface area contributed by atoms with Crippen molar-refractivity contribution >= 4 is 5.82 Å². The Morgan fingerprint density at radius 1 is 1.37 bits per heavy atom. The van der Waals surface area contributed by atoms with Gasteiger partial charge in [0, 0.05) is 30.0 Å². The van der Waals surface area contributed by atoms with Crippen LogP contribution < -0.4 is 11.3 Å². The first-order valence-corrected chi connectivity index (χ1v) is 6.57. The van der Waals surface area contributed by atoms with Gasteiger partial charge in [-0.2, -0.15) is 0 Å². The lowest BCUT2D eigenvalue weighted by Crippen LogP contribution is -2.17. The highest BCUT2D eigenvalue weighted by Gasteiger charge is 2.41. The van der Waals surface area contributed by atoms with Crippen LogP contribution in [0.15, 0.2) is 0 Å². The number of hydrogen-bond acceptors (Lipinski definition) is 4. The van der Waals surface area contributed by atoms with E-state index in [2.05, 4.69) is 15.4 Å². The molecule has 1 aliphatic rings. The molecule has 1 aliphatic carbocycles. The lowest BCUT2D eigenvalue weighted by Gasteiger charge is -2.17. The van der Waals surface area contributed by atoms with E-state index in [0.717, 1.165) is 11.3 Å². The molecule has 4 nitrogen and oxygen atoms in total. The number of halogens is 2. The number of nitrogens with zero attached hydrogens (tertiary/aromatic N) is 2. The van der Waals surface area contributed by atoms with Crippen LogP contribution in [0.2, 0.25) is 0 Å². The van der Waals surface area contributed by atoms with Crippen LogP contribution in [-0.2, 0) is 0 Å². The van der Waals surface area contributed by atoms with Crippen molar-refractivity contribution in [2.75, 3.05) is 5.43 Å². The van der Waals surface area contributed by atoms with E-state index in [9.17, 15) is 8.78 Å². The maximum absolute atomic E-state index is 13.3. The average molecular weight is 270 g/mol. The number of nitrogens with two attached hydrogens (primary N) is 1. The molecule has 1 atom stereocenters. The maximum atomic E-state index is 13.3. The molecule has 0 spiro atoms. The molecule has 1 unspecified atom stereocenters. The highest BCUT2D eigenvalue weighted by molar-refractivity contribution is 5.47. The molecule has 0 aromatic carbocycles. The Morgan fingerprint density at radius 2 is 2.05 bits per heavy atom. The van der Waals surface area contributed by atoms with Crippen LogP contribution >= 0.6 is 0 Å². The molecule has 1 fully saturated rings. The Hall–Kier alpha value is -1.30. The van der Waals surface area contributed by atoms with Gasteiger partial charge in [0.2, 0.25) is 5.92 Å². The second kappa shape index (κ2) is 5.00. The second-order valence-electron chi connectivity index (χ2n) is 5.52. The predicted molar refractivity (Wildman–Crippen MR) is 70.2 cm³/mol. The van der Waals surface area contributed by atoms with Crippen molar-refractivity contribution in [1.29, 1.82) is 0 Å². The number of nitrogens with one attached hydrogen (secondary N) is 1. The Bertz CT molecular complexity index is 474. The van der Waals surface area contributed by atoms with E-state index in [4.69, 9.17) is 5.84 Å². The van der Waals surface area contributed by atoms with Gasteiger partial charge in [0.15, 0.2) is 0 Å². The summed E-state index contributed by atoms with van der Waals surface area (Å²) in [5.74, 6) is 3.88. The van der Waals surface area contributed by atoms with E-state index in [0.29, 0.717) is 18.1 Å². The van der Waals surface area contributed by atoms with Gasteiger partial charge in [0.1, 0.15) is 11.6 Å². The number of hydrazine groups is 1. The zero-order valence-electron chi connectivity index (χ0n) is 11.5. The van der Waals surface area contributed by atoms with E-state index in [-0.39, 0.29) is 24.7 Å².